The first-order chi connectivity index (χ1) is 7.75. The van der Waals surface area contributed by atoms with Gasteiger partial charge in [-0.2, -0.15) is 0 Å². The highest BCUT2D eigenvalue weighted by atomic mass is 79.9. The Morgan fingerprint density at radius 2 is 1.62 bits per heavy atom. The van der Waals surface area contributed by atoms with Crippen LogP contribution in [-0.2, 0) is 0 Å². The first-order valence-electron chi connectivity index (χ1n) is 6.00. The predicted octanol–water partition coefficient (Wildman–Crippen LogP) is 4.64. The molecule has 0 radical (unpaired) electrons. The fraction of sp³-hybridized carbons (Fsp3) is 0.571. The van der Waals surface area contributed by atoms with Crippen molar-refractivity contribution in [3.05, 3.63) is 29.3 Å². The monoisotopic (exact) mass is 284 g/mol. The van der Waals surface area contributed by atoms with Gasteiger partial charge in [0.25, 0.3) is 0 Å². The zero-order valence-electron chi connectivity index (χ0n) is 10.3. The molecule has 0 saturated heterocycles. The van der Waals surface area contributed by atoms with Crippen molar-refractivity contribution in [3.8, 4) is 5.75 Å². The highest BCUT2D eigenvalue weighted by Crippen LogP contribution is 2.22. The Bertz CT molecular complexity index is 289. The van der Waals surface area contributed by atoms with Crippen molar-refractivity contribution in [2.75, 3.05) is 11.9 Å². The van der Waals surface area contributed by atoms with Gasteiger partial charge in [-0.1, -0.05) is 47.0 Å². The molecule has 1 rings (SSSR count). The van der Waals surface area contributed by atoms with E-state index in [0.29, 0.717) is 0 Å². The molecular weight excluding hydrogens is 264 g/mol. The molecule has 0 aliphatic heterocycles. The van der Waals surface area contributed by atoms with Crippen LogP contribution >= 0.6 is 15.9 Å². The largest absolute Gasteiger partial charge is 0.493 e. The molecular formula is C14H21BrO. The quantitative estimate of drug-likeness (QED) is 0.524. The van der Waals surface area contributed by atoms with Crippen LogP contribution in [0.4, 0.5) is 0 Å². The van der Waals surface area contributed by atoms with Crippen LogP contribution in [0.25, 0.3) is 0 Å². The lowest BCUT2D eigenvalue weighted by Gasteiger charge is -2.11. The Morgan fingerprint density at radius 3 is 2.25 bits per heavy atom. The summed E-state index contributed by atoms with van der Waals surface area (Å²) in [5.74, 6) is 1.07. The molecule has 0 fully saturated rings. The maximum atomic E-state index is 5.84. The maximum Gasteiger partial charge on any atom is 0.125 e. The standard InChI is InChI=1S/C14H21BrO/c1-12-8-7-9-13(2)14(12)16-11-6-4-3-5-10-15/h7-9H,3-6,10-11H2,1-2H3. The third kappa shape index (κ3) is 4.56. The van der Waals surface area contributed by atoms with E-state index in [9.17, 15) is 0 Å². The smallest absolute Gasteiger partial charge is 0.125 e. The molecule has 0 spiro atoms. The molecule has 0 bridgehead atoms. The normalized spacial score (nSPS) is 10.4. The average molecular weight is 285 g/mol. The second kappa shape index (κ2) is 7.72. The number of aryl methyl sites for hydroxylation is 2. The molecule has 0 N–H and O–H groups in total. The highest BCUT2D eigenvalue weighted by Gasteiger charge is 2.02. The molecule has 0 amide bonds. The molecule has 1 aromatic rings. The van der Waals surface area contributed by atoms with Crippen molar-refractivity contribution in [1.29, 1.82) is 0 Å². The lowest BCUT2D eigenvalue weighted by atomic mass is 10.1. The Hall–Kier alpha value is -0.500. The zero-order valence-corrected chi connectivity index (χ0v) is 11.8. The van der Waals surface area contributed by atoms with E-state index in [0.717, 1.165) is 24.1 Å². The van der Waals surface area contributed by atoms with E-state index in [2.05, 4.69) is 48.0 Å². The Kier molecular flexibility index (Phi) is 6.55. The van der Waals surface area contributed by atoms with E-state index >= 15 is 0 Å². The summed E-state index contributed by atoms with van der Waals surface area (Å²) in [6, 6.07) is 6.29. The van der Waals surface area contributed by atoms with Gasteiger partial charge in [-0.25, -0.2) is 0 Å². The number of unbranched alkanes of at least 4 members (excludes halogenated alkanes) is 3. The van der Waals surface area contributed by atoms with E-state index in [-0.39, 0.29) is 0 Å². The van der Waals surface area contributed by atoms with Gasteiger partial charge in [-0.3, -0.25) is 0 Å². The average Bonchev–Trinajstić information content (AvgIpc) is 2.26. The van der Waals surface area contributed by atoms with Crippen LogP contribution < -0.4 is 4.74 Å². The fourth-order valence-corrected chi connectivity index (χ4v) is 2.15. The zero-order chi connectivity index (χ0) is 11.8. The molecule has 0 aliphatic rings. The minimum atomic E-state index is 0.841. The first kappa shape index (κ1) is 13.6. The lowest BCUT2D eigenvalue weighted by Crippen LogP contribution is -2.00. The molecule has 0 aromatic heterocycles. The van der Waals surface area contributed by atoms with Crippen LogP contribution in [0.5, 0.6) is 5.75 Å². The van der Waals surface area contributed by atoms with Crippen LogP contribution in [0.2, 0.25) is 0 Å². The van der Waals surface area contributed by atoms with E-state index in [1.165, 1.54) is 30.4 Å². The minimum Gasteiger partial charge on any atom is -0.493 e. The summed E-state index contributed by atoms with van der Waals surface area (Å²) in [5.41, 5.74) is 2.47. The molecule has 0 aliphatic carbocycles. The molecule has 0 unspecified atom stereocenters. The van der Waals surface area contributed by atoms with Gasteiger partial charge >= 0.3 is 0 Å². The number of para-hydroxylation sites is 1. The third-order valence-corrected chi connectivity index (χ3v) is 3.24. The van der Waals surface area contributed by atoms with E-state index in [4.69, 9.17) is 4.74 Å². The molecule has 1 aromatic carbocycles. The van der Waals surface area contributed by atoms with Crippen molar-refractivity contribution in [2.45, 2.75) is 39.5 Å². The number of halogens is 1. The summed E-state index contributed by atoms with van der Waals surface area (Å²) in [4.78, 5) is 0. The van der Waals surface area contributed by atoms with Gasteiger partial charge < -0.3 is 4.74 Å². The SMILES string of the molecule is Cc1cccc(C)c1OCCCCCCBr. The van der Waals surface area contributed by atoms with E-state index < -0.39 is 0 Å². The van der Waals surface area contributed by atoms with Gasteiger partial charge in [0.1, 0.15) is 5.75 Å². The molecule has 0 saturated carbocycles. The number of hydrogen-bond donors (Lipinski definition) is 0. The van der Waals surface area contributed by atoms with E-state index in [1.807, 2.05) is 0 Å². The second-order valence-corrected chi connectivity index (χ2v) is 4.97. The Morgan fingerprint density at radius 1 is 1.00 bits per heavy atom. The fourth-order valence-electron chi connectivity index (χ4n) is 1.75. The topological polar surface area (TPSA) is 9.23 Å². The highest BCUT2D eigenvalue weighted by molar-refractivity contribution is 9.09. The van der Waals surface area contributed by atoms with Gasteiger partial charge in [0.05, 0.1) is 6.61 Å². The number of hydrogen-bond acceptors (Lipinski definition) is 1. The van der Waals surface area contributed by atoms with Crippen molar-refractivity contribution in [2.24, 2.45) is 0 Å². The van der Waals surface area contributed by atoms with Gasteiger partial charge in [-0.05, 0) is 37.8 Å². The molecule has 2 heteroatoms. The maximum absolute atomic E-state index is 5.84. The summed E-state index contributed by atoms with van der Waals surface area (Å²) in [6.45, 7) is 5.05. The van der Waals surface area contributed by atoms with Crippen molar-refractivity contribution in [1.82, 2.24) is 0 Å². The van der Waals surface area contributed by atoms with Gasteiger partial charge in [-0.15, -0.1) is 0 Å². The van der Waals surface area contributed by atoms with Crippen LogP contribution in [0, 0.1) is 13.8 Å². The molecule has 0 heterocycles. The summed E-state index contributed by atoms with van der Waals surface area (Å²) in [6.07, 6.45) is 4.97. The molecule has 0 atom stereocenters. The summed E-state index contributed by atoms with van der Waals surface area (Å²) >= 11 is 3.44. The summed E-state index contributed by atoms with van der Waals surface area (Å²) < 4.78 is 5.84. The van der Waals surface area contributed by atoms with Gasteiger partial charge in [0.15, 0.2) is 0 Å². The van der Waals surface area contributed by atoms with Crippen LogP contribution in [0.15, 0.2) is 18.2 Å². The molecule has 1 nitrogen and oxygen atoms in total. The van der Waals surface area contributed by atoms with E-state index in [1.54, 1.807) is 0 Å². The Balaban J connectivity index is 2.26. The number of ether oxygens (including phenoxy) is 1. The Labute approximate surface area is 107 Å². The predicted molar refractivity (Wildman–Crippen MR) is 73.7 cm³/mol. The summed E-state index contributed by atoms with van der Waals surface area (Å²) in [5, 5.41) is 1.12. The second-order valence-electron chi connectivity index (χ2n) is 4.17. The third-order valence-electron chi connectivity index (χ3n) is 2.68. The number of benzene rings is 1. The molecule has 16 heavy (non-hydrogen) atoms. The first-order valence-corrected chi connectivity index (χ1v) is 7.13. The number of alkyl halides is 1. The van der Waals surface area contributed by atoms with Crippen LogP contribution in [0.1, 0.15) is 36.8 Å². The minimum absolute atomic E-state index is 0.841. The van der Waals surface area contributed by atoms with Crippen molar-refractivity contribution in [3.63, 3.8) is 0 Å². The van der Waals surface area contributed by atoms with Crippen LogP contribution in [-0.4, -0.2) is 11.9 Å². The molecule has 90 valence electrons. The lowest BCUT2D eigenvalue weighted by molar-refractivity contribution is 0.301. The summed E-state index contributed by atoms with van der Waals surface area (Å²) in [7, 11) is 0. The van der Waals surface area contributed by atoms with Gasteiger partial charge in [0, 0.05) is 5.33 Å². The number of rotatable bonds is 7. The van der Waals surface area contributed by atoms with Crippen molar-refractivity contribution < 1.29 is 4.74 Å². The van der Waals surface area contributed by atoms with Crippen molar-refractivity contribution >= 4 is 15.9 Å². The van der Waals surface area contributed by atoms with Gasteiger partial charge in [0.2, 0.25) is 0 Å². The van der Waals surface area contributed by atoms with Crippen LogP contribution in [0.3, 0.4) is 0 Å².